The van der Waals surface area contributed by atoms with Gasteiger partial charge in [0.15, 0.2) is 0 Å². The molecule has 2 atom stereocenters. The van der Waals surface area contributed by atoms with Crippen molar-refractivity contribution in [2.24, 2.45) is 0 Å². The lowest BCUT2D eigenvalue weighted by atomic mass is 9.85. The predicted octanol–water partition coefficient (Wildman–Crippen LogP) is 3.80. The van der Waals surface area contributed by atoms with Gasteiger partial charge in [-0.2, -0.15) is 8.78 Å². The number of carbonyl (C=O) groups excluding carboxylic acids is 1. The Morgan fingerprint density at radius 3 is 2.59 bits per heavy atom. The lowest BCUT2D eigenvalue weighted by Crippen LogP contribution is -2.54. The molecular formula is C21H22F2N2O4. The average molecular weight is 404 g/mol. The van der Waals surface area contributed by atoms with Gasteiger partial charge < -0.3 is 19.5 Å². The van der Waals surface area contributed by atoms with Gasteiger partial charge >= 0.3 is 12.6 Å². The Balaban J connectivity index is 1.71. The van der Waals surface area contributed by atoms with Gasteiger partial charge in [0.1, 0.15) is 23.2 Å². The number of ether oxygens (including phenoxy) is 2. The number of fused-ring (bicyclic) bond motifs is 1. The molecule has 0 saturated carbocycles. The van der Waals surface area contributed by atoms with Gasteiger partial charge in [0.25, 0.3) is 0 Å². The molecule has 4 rings (SSSR count). The summed E-state index contributed by atoms with van der Waals surface area (Å²) in [5, 5.41) is 11.0. The third-order valence-electron chi connectivity index (χ3n) is 5.35. The van der Waals surface area contributed by atoms with Gasteiger partial charge in [-0.1, -0.05) is 18.2 Å². The molecule has 0 unspecified atom stereocenters. The minimum Gasteiger partial charge on any atom is -0.485 e. The summed E-state index contributed by atoms with van der Waals surface area (Å²) in [6.07, 6.45) is -1.06. The van der Waals surface area contributed by atoms with E-state index >= 15 is 0 Å². The van der Waals surface area contributed by atoms with Gasteiger partial charge in [-0.05, 0) is 44.2 Å². The standard InChI is InChI=1S/C21H22F2N2O4/c1-21(2)18(26)17(15-12-14(28-19(22)23)8-9-16(15)29-21)25-11-10-24(20(25)27)13-6-4-3-5-7-13/h3-9,12,17-19,26H,10-11H2,1-2H3/t17-,18+/m0/s1. The molecule has 1 N–H and O–H groups in total. The van der Waals surface area contributed by atoms with E-state index < -0.39 is 24.4 Å². The number of benzene rings is 2. The molecule has 6 nitrogen and oxygen atoms in total. The summed E-state index contributed by atoms with van der Waals surface area (Å²) >= 11 is 0. The van der Waals surface area contributed by atoms with Crippen LogP contribution in [0.4, 0.5) is 19.3 Å². The minimum absolute atomic E-state index is 0.0502. The summed E-state index contributed by atoms with van der Waals surface area (Å²) in [4.78, 5) is 16.4. The number of anilines is 1. The van der Waals surface area contributed by atoms with E-state index in [-0.39, 0.29) is 11.8 Å². The number of halogens is 2. The molecule has 1 saturated heterocycles. The number of hydrogen-bond donors (Lipinski definition) is 1. The molecule has 0 radical (unpaired) electrons. The van der Waals surface area contributed by atoms with Crippen LogP contribution in [0.15, 0.2) is 48.5 Å². The largest absolute Gasteiger partial charge is 0.485 e. The molecule has 0 aromatic heterocycles. The number of rotatable bonds is 4. The van der Waals surface area contributed by atoms with Crippen LogP contribution in [0.5, 0.6) is 11.5 Å². The van der Waals surface area contributed by atoms with Crippen LogP contribution in [0, 0.1) is 0 Å². The first-order valence-electron chi connectivity index (χ1n) is 9.37. The van der Waals surface area contributed by atoms with E-state index in [4.69, 9.17) is 4.74 Å². The zero-order valence-corrected chi connectivity index (χ0v) is 16.1. The molecule has 2 aliphatic rings. The first-order chi connectivity index (χ1) is 13.8. The molecule has 0 bridgehead atoms. The number of para-hydroxylation sites is 1. The van der Waals surface area contributed by atoms with Crippen molar-refractivity contribution in [1.29, 1.82) is 0 Å². The molecule has 29 heavy (non-hydrogen) atoms. The smallest absolute Gasteiger partial charge is 0.387 e. The highest BCUT2D eigenvalue weighted by Crippen LogP contribution is 2.45. The Bertz CT molecular complexity index is 907. The van der Waals surface area contributed by atoms with E-state index in [1.165, 1.54) is 18.2 Å². The van der Waals surface area contributed by atoms with Crippen LogP contribution in [0.3, 0.4) is 0 Å². The zero-order chi connectivity index (χ0) is 20.8. The predicted molar refractivity (Wildman–Crippen MR) is 102 cm³/mol. The van der Waals surface area contributed by atoms with Gasteiger partial charge in [0.05, 0.1) is 6.04 Å². The van der Waals surface area contributed by atoms with Crippen LogP contribution < -0.4 is 14.4 Å². The van der Waals surface area contributed by atoms with E-state index in [2.05, 4.69) is 4.74 Å². The van der Waals surface area contributed by atoms with Gasteiger partial charge in [-0.25, -0.2) is 4.79 Å². The third-order valence-corrected chi connectivity index (χ3v) is 5.35. The Morgan fingerprint density at radius 2 is 1.90 bits per heavy atom. The number of urea groups is 1. The van der Waals surface area contributed by atoms with Crippen LogP contribution in [0.25, 0.3) is 0 Å². The van der Waals surface area contributed by atoms with Crippen molar-refractivity contribution in [3.8, 4) is 11.5 Å². The Hall–Kier alpha value is -2.87. The summed E-state index contributed by atoms with van der Waals surface area (Å²) in [7, 11) is 0. The fourth-order valence-electron chi connectivity index (χ4n) is 3.92. The van der Waals surface area contributed by atoms with E-state index in [9.17, 15) is 18.7 Å². The number of nitrogens with zero attached hydrogens (tertiary/aromatic N) is 2. The van der Waals surface area contributed by atoms with Crippen LogP contribution in [0.2, 0.25) is 0 Å². The van der Waals surface area contributed by atoms with Crippen LogP contribution in [-0.2, 0) is 0 Å². The van der Waals surface area contributed by atoms with E-state index in [0.29, 0.717) is 24.4 Å². The summed E-state index contributed by atoms with van der Waals surface area (Å²) in [5.41, 5.74) is 0.234. The summed E-state index contributed by atoms with van der Waals surface area (Å²) in [6.45, 7) is 1.32. The second-order valence-corrected chi connectivity index (χ2v) is 7.64. The topological polar surface area (TPSA) is 62.2 Å². The quantitative estimate of drug-likeness (QED) is 0.842. The molecule has 2 amide bonds. The fourth-order valence-corrected chi connectivity index (χ4v) is 3.92. The first kappa shape index (κ1) is 19.4. The zero-order valence-electron chi connectivity index (χ0n) is 16.1. The molecule has 2 aromatic carbocycles. The van der Waals surface area contributed by atoms with E-state index in [0.717, 1.165) is 5.69 Å². The highest BCUT2D eigenvalue weighted by atomic mass is 19.3. The van der Waals surface area contributed by atoms with Crippen molar-refractivity contribution in [2.45, 2.75) is 38.2 Å². The molecule has 0 aliphatic carbocycles. The Morgan fingerprint density at radius 1 is 1.17 bits per heavy atom. The highest BCUT2D eigenvalue weighted by molar-refractivity contribution is 5.94. The maximum Gasteiger partial charge on any atom is 0.387 e. The van der Waals surface area contributed by atoms with Gasteiger partial charge in [-0.15, -0.1) is 0 Å². The molecular weight excluding hydrogens is 382 g/mol. The molecule has 2 heterocycles. The SMILES string of the molecule is CC1(C)Oc2ccc(OC(F)F)cc2[C@H](N2CCN(c3ccccc3)C2=O)[C@H]1O. The number of amides is 2. The van der Waals surface area contributed by atoms with Gasteiger partial charge in [-0.3, -0.25) is 4.90 Å². The normalized spacial score (nSPS) is 23.2. The lowest BCUT2D eigenvalue weighted by Gasteiger charge is -2.45. The molecule has 1 fully saturated rings. The number of alkyl halides is 2. The van der Waals surface area contributed by atoms with Crippen molar-refractivity contribution in [3.63, 3.8) is 0 Å². The van der Waals surface area contributed by atoms with Crippen molar-refractivity contribution in [2.75, 3.05) is 18.0 Å². The number of aliphatic hydroxyl groups excluding tert-OH is 1. The molecule has 154 valence electrons. The second kappa shape index (κ2) is 7.18. The van der Waals surface area contributed by atoms with E-state index in [1.807, 2.05) is 30.3 Å². The van der Waals surface area contributed by atoms with Crippen molar-refractivity contribution < 1.29 is 28.2 Å². The minimum atomic E-state index is -2.97. The number of carbonyl (C=O) groups is 1. The monoisotopic (exact) mass is 404 g/mol. The summed E-state index contributed by atoms with van der Waals surface area (Å²) in [5.74, 6) is 0.378. The van der Waals surface area contributed by atoms with Crippen LogP contribution in [-0.4, -0.2) is 47.4 Å². The van der Waals surface area contributed by atoms with Crippen molar-refractivity contribution >= 4 is 11.7 Å². The highest BCUT2D eigenvalue weighted by Gasteiger charge is 2.49. The first-order valence-corrected chi connectivity index (χ1v) is 9.37. The summed E-state index contributed by atoms with van der Waals surface area (Å²) in [6, 6.07) is 12.6. The van der Waals surface area contributed by atoms with Crippen LogP contribution >= 0.6 is 0 Å². The molecule has 0 spiro atoms. The second-order valence-electron chi connectivity index (χ2n) is 7.64. The van der Waals surface area contributed by atoms with Gasteiger partial charge in [0, 0.05) is 24.3 Å². The maximum absolute atomic E-state index is 13.2. The molecule has 2 aliphatic heterocycles. The lowest BCUT2D eigenvalue weighted by molar-refractivity contribution is -0.0829. The molecule has 8 heteroatoms. The van der Waals surface area contributed by atoms with Crippen molar-refractivity contribution in [1.82, 2.24) is 4.90 Å². The fraction of sp³-hybridized carbons (Fsp3) is 0.381. The maximum atomic E-state index is 13.2. The Kier molecular flexibility index (Phi) is 4.82. The summed E-state index contributed by atoms with van der Waals surface area (Å²) < 4.78 is 35.7. The Labute approximate surface area is 167 Å². The van der Waals surface area contributed by atoms with Crippen LogP contribution in [0.1, 0.15) is 25.5 Å². The van der Waals surface area contributed by atoms with Gasteiger partial charge in [0.2, 0.25) is 0 Å². The molecule has 2 aromatic rings. The van der Waals surface area contributed by atoms with E-state index in [1.54, 1.807) is 23.6 Å². The number of hydrogen-bond acceptors (Lipinski definition) is 4. The average Bonchev–Trinajstić information content (AvgIpc) is 3.04. The van der Waals surface area contributed by atoms with Crippen molar-refractivity contribution in [3.05, 3.63) is 54.1 Å². The third kappa shape index (κ3) is 3.48. The number of aliphatic hydroxyl groups is 1.